The molecule has 2 aromatic rings. The first-order chi connectivity index (χ1) is 16.9. The summed E-state index contributed by atoms with van der Waals surface area (Å²) in [6, 6.07) is 5.74. The van der Waals surface area contributed by atoms with Crippen molar-refractivity contribution in [1.29, 1.82) is 0 Å². The van der Waals surface area contributed by atoms with Crippen molar-refractivity contribution in [3.05, 3.63) is 46.5 Å². The van der Waals surface area contributed by atoms with Crippen molar-refractivity contribution in [2.45, 2.75) is 0 Å². The van der Waals surface area contributed by atoms with Crippen molar-refractivity contribution in [2.24, 2.45) is 0 Å². The monoisotopic (exact) mass is 709 g/mol. The molecule has 10 nitrogen and oxygen atoms in total. The van der Waals surface area contributed by atoms with E-state index >= 15 is 0 Å². The Morgan fingerprint density at radius 2 is 1.00 bits per heavy atom. The first kappa shape index (κ1) is 29.3. The summed E-state index contributed by atoms with van der Waals surface area (Å²) in [6.45, 7) is 2.81. The Morgan fingerprint density at radius 3 is 1.34 bits per heavy atom. The average molecular weight is 710 g/mol. The molecule has 2 aromatic carbocycles. The molecule has 196 valence electrons. The van der Waals surface area contributed by atoms with Gasteiger partial charge in [0.05, 0.1) is 35.5 Å². The summed E-state index contributed by atoms with van der Waals surface area (Å²) < 4.78 is 0. The van der Waals surface area contributed by atoms with E-state index in [0.717, 1.165) is 0 Å². The second-order valence-electron chi connectivity index (χ2n) is 7.27. The number of carbonyl (C=O) groups excluding carboxylic acids is 2. The molecule has 13 heteroatoms. The fourth-order valence-electron chi connectivity index (χ4n) is 3.64. The molecule has 3 rings (SSSR count). The molecule has 0 amide bonds. The number of fused-ring (bicyclic) bond motifs is 2. The van der Waals surface area contributed by atoms with E-state index in [9.17, 15) is 19.8 Å². The first-order valence-electron chi connectivity index (χ1n) is 10.7. The van der Waals surface area contributed by atoms with Gasteiger partial charge < -0.3 is 41.7 Å². The Labute approximate surface area is 219 Å². The van der Waals surface area contributed by atoms with Crippen LogP contribution in [0.15, 0.2) is 24.3 Å². The van der Waals surface area contributed by atoms with Crippen LogP contribution in [0.25, 0.3) is 0 Å². The van der Waals surface area contributed by atoms with Gasteiger partial charge in [-0.25, -0.2) is 0 Å². The number of rotatable bonds is 12. The van der Waals surface area contributed by atoms with E-state index in [4.69, 9.17) is 29.0 Å². The Morgan fingerprint density at radius 1 is 0.629 bits per heavy atom. The van der Waals surface area contributed by atoms with Crippen LogP contribution in [-0.4, -0.2) is 84.5 Å². The maximum absolute atomic E-state index is 13.4. The van der Waals surface area contributed by atoms with Gasteiger partial charge in [-0.15, -0.1) is 0 Å². The molecule has 35 heavy (non-hydrogen) atoms. The average Bonchev–Trinajstić information content (AvgIpc) is 2.84. The summed E-state index contributed by atoms with van der Waals surface area (Å²) in [6.07, 6.45) is 0. The van der Waals surface area contributed by atoms with Crippen LogP contribution in [0.1, 0.15) is 31.8 Å². The number of aliphatic hydroxyl groups excluding tert-OH is 2. The number of aliphatic hydroxyl groups is 2. The van der Waals surface area contributed by atoms with Crippen molar-refractivity contribution in [3.63, 3.8) is 0 Å². The third-order valence-corrected chi connectivity index (χ3v) is 5.09. The Bertz CT molecular complexity index is 950. The quantitative estimate of drug-likeness (QED) is 0.101. The Kier molecular flexibility index (Phi) is 12.8. The number of hydrogen-bond acceptors (Lipinski definition) is 10. The van der Waals surface area contributed by atoms with Crippen LogP contribution in [0.5, 0.6) is 11.5 Å². The summed E-state index contributed by atoms with van der Waals surface area (Å²) in [7, 11) is 9.75. The number of carbonyl (C=O) groups is 2. The van der Waals surface area contributed by atoms with Gasteiger partial charge in [-0.2, -0.15) is 0 Å². The van der Waals surface area contributed by atoms with Crippen LogP contribution in [0.2, 0.25) is 0 Å². The van der Waals surface area contributed by atoms with Crippen molar-refractivity contribution in [2.75, 3.05) is 63.1 Å². The number of aromatic hydroxyl groups is 2. The number of hydrogen-bond donors (Lipinski definition) is 8. The predicted octanol–water partition coefficient (Wildman–Crippen LogP) is 1.24. The maximum atomic E-state index is 13.4. The van der Waals surface area contributed by atoms with Crippen LogP contribution in [-0.2, 0) is 16.5 Å². The zero-order valence-electron chi connectivity index (χ0n) is 18.6. The second kappa shape index (κ2) is 15.3. The zero-order chi connectivity index (χ0) is 25.8. The summed E-state index contributed by atoms with van der Waals surface area (Å²) in [4.78, 5) is 26.7. The normalized spacial score (nSPS) is 12.0. The molecule has 8 N–H and O–H groups in total. The molecule has 0 bridgehead atoms. The molecule has 0 saturated carbocycles. The van der Waals surface area contributed by atoms with Gasteiger partial charge in [0.15, 0.2) is 0 Å². The third-order valence-electron chi connectivity index (χ3n) is 5.09. The van der Waals surface area contributed by atoms with Gasteiger partial charge in [0.2, 0.25) is 11.6 Å². The molecule has 0 fully saturated rings. The summed E-state index contributed by atoms with van der Waals surface area (Å²) >= 11 is -0.472. The van der Waals surface area contributed by atoms with E-state index in [-0.39, 0.29) is 47.0 Å². The fraction of sp³-hybridized carbons (Fsp3) is 0.364. The SMILES string of the molecule is O=C1c2c(O)ccc(O)c2C(=O)c2c(NCCNCCO)ccc(NCCNCCO)c21.[Cl][Pt][Cl]. The standard InChI is InChI=1S/C22H28N4O6.2ClH.Pt/c27-11-9-23-5-7-25-13-1-2-14(26-8-6-24-10-12-28)18-17(13)21(31)19-15(29)3-4-16(30)20(19)22(18)32;;;/h1-4,23-30H,5-12H2;2*1H;/q;;;+2/p-2. The molecule has 0 heterocycles. The number of phenols is 2. The van der Waals surface area contributed by atoms with Crippen molar-refractivity contribution < 1.29 is 46.5 Å². The van der Waals surface area contributed by atoms with E-state index in [1.807, 2.05) is 0 Å². The van der Waals surface area contributed by atoms with E-state index in [1.54, 1.807) is 12.1 Å². The van der Waals surface area contributed by atoms with Gasteiger partial charge in [-0.1, -0.05) is 0 Å². The van der Waals surface area contributed by atoms with Crippen LogP contribution >= 0.6 is 18.8 Å². The van der Waals surface area contributed by atoms with Crippen molar-refractivity contribution in [3.8, 4) is 11.5 Å². The molecule has 0 atom stereocenters. The third kappa shape index (κ3) is 7.54. The topological polar surface area (TPSA) is 163 Å². The number of ketones is 2. The number of nitrogens with one attached hydrogen (secondary N) is 4. The predicted molar refractivity (Wildman–Crippen MR) is 132 cm³/mol. The summed E-state index contributed by atoms with van der Waals surface area (Å²) in [5.74, 6) is -1.86. The van der Waals surface area contributed by atoms with Gasteiger partial charge >= 0.3 is 35.3 Å². The van der Waals surface area contributed by atoms with Gasteiger partial charge in [-0.05, 0) is 24.3 Å². The van der Waals surface area contributed by atoms with Crippen LogP contribution < -0.4 is 21.3 Å². The second-order valence-corrected chi connectivity index (χ2v) is 10.6. The zero-order valence-corrected chi connectivity index (χ0v) is 22.4. The van der Waals surface area contributed by atoms with Gasteiger partial charge in [0, 0.05) is 50.6 Å². The minimum absolute atomic E-state index is 0.00939. The van der Waals surface area contributed by atoms with Crippen molar-refractivity contribution in [1.82, 2.24) is 10.6 Å². The van der Waals surface area contributed by atoms with Gasteiger partial charge in [0.1, 0.15) is 11.5 Å². The first-order valence-corrected chi connectivity index (χ1v) is 16.3. The van der Waals surface area contributed by atoms with E-state index in [1.165, 1.54) is 12.1 Å². The minimum atomic E-state index is -0.559. The molecule has 1 aliphatic carbocycles. The number of halogens is 2. The van der Waals surface area contributed by atoms with E-state index in [2.05, 4.69) is 21.3 Å². The molecule has 0 saturated heterocycles. The van der Waals surface area contributed by atoms with Crippen LogP contribution in [0, 0.1) is 0 Å². The van der Waals surface area contributed by atoms with Crippen LogP contribution in [0.4, 0.5) is 11.4 Å². The molecular formula is C22H28Cl2N4O6Pt. The number of benzene rings is 2. The number of anilines is 2. The molecule has 1 aliphatic rings. The van der Waals surface area contributed by atoms with E-state index in [0.29, 0.717) is 50.6 Å². The summed E-state index contributed by atoms with van der Waals surface area (Å²) in [5.41, 5.74) is 0.678. The summed E-state index contributed by atoms with van der Waals surface area (Å²) in [5, 5.41) is 50.6. The van der Waals surface area contributed by atoms with E-state index < -0.39 is 28.0 Å². The Hall–Kier alpha value is -1.91. The molecule has 0 radical (unpaired) electrons. The van der Waals surface area contributed by atoms with Crippen LogP contribution in [0.3, 0.4) is 0 Å². The Balaban J connectivity index is 0.00000137. The molecular weight excluding hydrogens is 682 g/mol. The fourth-order valence-corrected chi connectivity index (χ4v) is 3.64. The van der Waals surface area contributed by atoms with Gasteiger partial charge in [0.25, 0.3) is 0 Å². The number of phenolic OH excluding ortho intramolecular Hbond substituents is 2. The molecule has 0 spiro atoms. The van der Waals surface area contributed by atoms with Crippen molar-refractivity contribution >= 4 is 41.8 Å². The van der Waals surface area contributed by atoms with Gasteiger partial charge in [-0.3, -0.25) is 9.59 Å². The molecule has 0 aliphatic heterocycles. The molecule has 0 unspecified atom stereocenters. The molecule has 0 aromatic heterocycles.